The molecule has 1 aliphatic heterocycles. The van der Waals surface area contributed by atoms with E-state index in [1.807, 2.05) is 0 Å². The first-order valence-corrected chi connectivity index (χ1v) is 12.5. The largest absolute Gasteiger partial charge is 0.416 e. The molecule has 1 saturated carbocycles. The van der Waals surface area contributed by atoms with E-state index in [4.69, 9.17) is 11.5 Å². The summed E-state index contributed by atoms with van der Waals surface area (Å²) in [6.07, 6.45) is -0.469. The van der Waals surface area contributed by atoms with Crippen molar-refractivity contribution >= 4 is 17.6 Å². The maximum absolute atomic E-state index is 13.1. The van der Waals surface area contributed by atoms with Crippen molar-refractivity contribution < 1.29 is 22.8 Å². The number of likely N-dealkylation sites (tertiary alicyclic amines) is 1. The number of amides is 2. The van der Waals surface area contributed by atoms with E-state index in [0.717, 1.165) is 31.4 Å². The second-order valence-electron chi connectivity index (χ2n) is 10.4. The van der Waals surface area contributed by atoms with Crippen molar-refractivity contribution in [2.24, 2.45) is 11.1 Å². The van der Waals surface area contributed by atoms with Gasteiger partial charge in [0.1, 0.15) is 17.1 Å². The minimum absolute atomic E-state index is 0.0348. The van der Waals surface area contributed by atoms with Crippen molar-refractivity contribution in [3.05, 3.63) is 52.8 Å². The second-order valence-corrected chi connectivity index (χ2v) is 10.4. The number of halogens is 3. The number of alkyl halides is 3. The first-order chi connectivity index (χ1) is 18.4. The zero-order valence-corrected chi connectivity index (χ0v) is 21.5. The Morgan fingerprint density at radius 3 is 2.64 bits per heavy atom. The summed E-state index contributed by atoms with van der Waals surface area (Å²) in [6, 6.07) is 4.97. The summed E-state index contributed by atoms with van der Waals surface area (Å²) in [5, 5.41) is 9.11. The molecule has 12 heteroatoms. The van der Waals surface area contributed by atoms with E-state index < -0.39 is 17.6 Å². The number of aryl methyl sites for hydroxylation is 1. The highest BCUT2D eigenvalue weighted by atomic mass is 19.4. The average molecular weight is 540 g/mol. The summed E-state index contributed by atoms with van der Waals surface area (Å²) in [4.78, 5) is 26.4. The van der Waals surface area contributed by atoms with Gasteiger partial charge in [0.15, 0.2) is 0 Å². The Kier molecular flexibility index (Phi) is 6.40. The summed E-state index contributed by atoms with van der Waals surface area (Å²) in [6.45, 7) is 4.72. The number of anilines is 1. The van der Waals surface area contributed by atoms with Gasteiger partial charge in [-0.3, -0.25) is 14.3 Å². The molecule has 2 fully saturated rings. The standard InChI is InChI=1S/C27H28F3N7O2/c1-3-5-21(38)35-9-8-26(15-35)11-19(12-26)37-24(31)22(25(32)39)23(34-37)20-14-36(33-16(20)2)13-17-6-4-7-18(10-17)27(28,29)30/h4,6-7,10,14,19H,8-9,11-13,15,31H2,1-2H3,(H2,32,39). The smallest absolute Gasteiger partial charge is 0.383 e. The summed E-state index contributed by atoms with van der Waals surface area (Å²) in [5.74, 6) is 4.49. The summed E-state index contributed by atoms with van der Waals surface area (Å²) in [7, 11) is 0. The Labute approximate surface area is 222 Å². The third-order valence-corrected chi connectivity index (χ3v) is 7.63. The maximum atomic E-state index is 13.1. The van der Waals surface area contributed by atoms with E-state index >= 15 is 0 Å². The van der Waals surface area contributed by atoms with Gasteiger partial charge in [0.05, 0.1) is 23.8 Å². The molecule has 3 heterocycles. The first-order valence-electron chi connectivity index (χ1n) is 12.5. The van der Waals surface area contributed by atoms with Gasteiger partial charge in [0.25, 0.3) is 11.8 Å². The lowest BCUT2D eigenvalue weighted by atomic mass is 9.65. The van der Waals surface area contributed by atoms with Gasteiger partial charge in [0.2, 0.25) is 0 Å². The van der Waals surface area contributed by atoms with Crippen molar-refractivity contribution in [1.29, 1.82) is 0 Å². The lowest BCUT2D eigenvalue weighted by Gasteiger charge is -2.45. The van der Waals surface area contributed by atoms with E-state index in [-0.39, 0.29) is 41.0 Å². The molecule has 204 valence electrons. The molecule has 0 unspecified atom stereocenters. The van der Waals surface area contributed by atoms with Crippen LogP contribution >= 0.6 is 0 Å². The van der Waals surface area contributed by atoms with E-state index in [1.165, 1.54) is 10.7 Å². The van der Waals surface area contributed by atoms with Crippen LogP contribution in [0.2, 0.25) is 0 Å². The summed E-state index contributed by atoms with van der Waals surface area (Å²) in [5.41, 5.74) is 13.1. The van der Waals surface area contributed by atoms with Gasteiger partial charge in [-0.25, -0.2) is 4.68 Å². The highest BCUT2D eigenvalue weighted by Gasteiger charge is 2.51. The number of rotatable bonds is 5. The van der Waals surface area contributed by atoms with Crippen LogP contribution in [0.5, 0.6) is 0 Å². The molecular weight excluding hydrogens is 511 g/mol. The van der Waals surface area contributed by atoms with Crippen LogP contribution in [0.4, 0.5) is 19.0 Å². The van der Waals surface area contributed by atoms with Crippen LogP contribution in [0, 0.1) is 24.2 Å². The molecule has 0 atom stereocenters. The molecule has 2 amide bonds. The van der Waals surface area contributed by atoms with Crippen LogP contribution in [0.1, 0.15) is 59.4 Å². The van der Waals surface area contributed by atoms with Crippen LogP contribution in [0.3, 0.4) is 0 Å². The van der Waals surface area contributed by atoms with E-state index in [1.54, 1.807) is 35.7 Å². The number of carbonyl (C=O) groups excluding carboxylic acids is 2. The maximum Gasteiger partial charge on any atom is 0.416 e. The zero-order chi connectivity index (χ0) is 28.1. The molecule has 3 aromatic rings. The quantitative estimate of drug-likeness (QED) is 0.481. The van der Waals surface area contributed by atoms with Crippen molar-refractivity contribution in [2.45, 2.75) is 51.9 Å². The second kappa shape index (κ2) is 9.48. The number of nitrogens with two attached hydrogens (primary N) is 2. The first kappa shape index (κ1) is 26.3. The molecule has 39 heavy (non-hydrogen) atoms. The number of hydrogen-bond donors (Lipinski definition) is 2. The van der Waals surface area contributed by atoms with Gasteiger partial charge in [-0.05, 0) is 62.1 Å². The highest BCUT2D eigenvalue weighted by molar-refractivity contribution is 6.03. The molecule has 9 nitrogen and oxygen atoms in total. The third kappa shape index (κ3) is 4.84. The molecule has 1 saturated heterocycles. The van der Waals surface area contributed by atoms with Crippen LogP contribution in [-0.2, 0) is 17.5 Å². The van der Waals surface area contributed by atoms with Crippen molar-refractivity contribution in [3.63, 3.8) is 0 Å². The fraction of sp³-hybridized carbons (Fsp3) is 0.407. The number of carbonyl (C=O) groups is 2. The average Bonchev–Trinajstić information content (AvgIpc) is 3.53. The molecule has 0 radical (unpaired) electrons. The van der Waals surface area contributed by atoms with Crippen LogP contribution in [-0.4, -0.2) is 49.4 Å². The SMILES string of the molecule is CC#CC(=O)N1CCC2(CC(n3nc(-c4cn(Cc5cccc(C(F)(F)F)c5)nc4C)c(C(N)=O)c3N)C2)C1. The molecule has 1 spiro atoms. The van der Waals surface area contributed by atoms with E-state index in [0.29, 0.717) is 29.9 Å². The molecule has 4 N–H and O–H groups in total. The predicted octanol–water partition coefficient (Wildman–Crippen LogP) is 3.38. The Morgan fingerprint density at radius 1 is 1.23 bits per heavy atom. The van der Waals surface area contributed by atoms with Crippen molar-refractivity contribution in [2.75, 3.05) is 18.8 Å². The van der Waals surface area contributed by atoms with Gasteiger partial charge in [-0.15, -0.1) is 0 Å². The Bertz CT molecular complexity index is 1520. The number of nitrogens with zero attached hydrogens (tertiary/aromatic N) is 5. The van der Waals surface area contributed by atoms with Gasteiger partial charge in [-0.2, -0.15) is 23.4 Å². The fourth-order valence-corrected chi connectivity index (χ4v) is 5.76. The molecular formula is C27H28F3N7O2. The fourth-order valence-electron chi connectivity index (χ4n) is 5.76. The van der Waals surface area contributed by atoms with Crippen LogP contribution in [0.15, 0.2) is 30.5 Å². The minimum atomic E-state index is -4.45. The Hall–Kier alpha value is -4.27. The van der Waals surface area contributed by atoms with Crippen molar-refractivity contribution in [1.82, 2.24) is 24.5 Å². The van der Waals surface area contributed by atoms with Crippen LogP contribution in [0.25, 0.3) is 11.3 Å². The van der Waals surface area contributed by atoms with Gasteiger partial charge in [-0.1, -0.05) is 18.1 Å². The summed E-state index contributed by atoms with van der Waals surface area (Å²) >= 11 is 0. The molecule has 2 aliphatic rings. The lowest BCUT2D eigenvalue weighted by molar-refractivity contribution is -0.137. The summed E-state index contributed by atoms with van der Waals surface area (Å²) < 4.78 is 42.5. The monoisotopic (exact) mass is 539 g/mol. The topological polar surface area (TPSA) is 125 Å². The van der Waals surface area contributed by atoms with Gasteiger partial charge in [0, 0.05) is 24.8 Å². The number of aromatic nitrogens is 4. The van der Waals surface area contributed by atoms with E-state index in [2.05, 4.69) is 22.0 Å². The highest BCUT2D eigenvalue weighted by Crippen LogP contribution is 2.54. The van der Waals surface area contributed by atoms with Gasteiger partial charge >= 0.3 is 6.18 Å². The van der Waals surface area contributed by atoms with Crippen LogP contribution < -0.4 is 11.5 Å². The molecule has 2 aromatic heterocycles. The Balaban J connectivity index is 1.39. The zero-order valence-electron chi connectivity index (χ0n) is 21.5. The third-order valence-electron chi connectivity index (χ3n) is 7.63. The predicted molar refractivity (Wildman–Crippen MR) is 137 cm³/mol. The van der Waals surface area contributed by atoms with E-state index in [9.17, 15) is 22.8 Å². The van der Waals surface area contributed by atoms with Crippen molar-refractivity contribution in [3.8, 4) is 23.1 Å². The minimum Gasteiger partial charge on any atom is -0.383 e. The Morgan fingerprint density at radius 2 is 1.97 bits per heavy atom. The molecule has 1 aromatic carbocycles. The van der Waals surface area contributed by atoms with Gasteiger partial charge < -0.3 is 16.4 Å². The lowest BCUT2D eigenvalue weighted by Crippen LogP contribution is -2.42. The normalized spacial score (nSPS) is 20.5. The number of benzene rings is 1. The number of hydrogen-bond acceptors (Lipinski definition) is 5. The molecule has 5 rings (SSSR count). The number of nitrogen functional groups attached to an aromatic ring is 1. The molecule has 1 aliphatic carbocycles. The number of primary amides is 1. The molecule has 0 bridgehead atoms.